The zero-order valence-corrected chi connectivity index (χ0v) is 15.1. The van der Waals surface area contributed by atoms with Gasteiger partial charge in [0, 0.05) is 5.56 Å². The molecule has 2 aromatic rings. The van der Waals surface area contributed by atoms with Crippen molar-refractivity contribution < 1.29 is 28.2 Å². The van der Waals surface area contributed by atoms with Gasteiger partial charge >= 0.3 is 5.97 Å². The molecule has 0 aliphatic heterocycles. The van der Waals surface area contributed by atoms with E-state index in [1.54, 1.807) is 0 Å². The molecule has 0 bridgehead atoms. The minimum Gasteiger partial charge on any atom is -0.493 e. The number of halogens is 2. The number of methoxy groups -OCH3 is 1. The molecule has 0 heterocycles. The number of hydrogen-bond acceptors (Lipinski definition) is 5. The lowest BCUT2D eigenvalue weighted by Crippen LogP contribution is -2.14. The van der Waals surface area contributed by atoms with Gasteiger partial charge < -0.3 is 14.2 Å². The van der Waals surface area contributed by atoms with E-state index in [0.717, 1.165) is 18.6 Å². The lowest BCUT2D eigenvalue weighted by Gasteiger charge is -2.13. The highest BCUT2D eigenvalue weighted by atomic mass is 35.5. The van der Waals surface area contributed by atoms with Crippen LogP contribution < -0.4 is 9.47 Å². The van der Waals surface area contributed by atoms with Crippen LogP contribution in [0.25, 0.3) is 0 Å². The van der Waals surface area contributed by atoms with E-state index in [-0.39, 0.29) is 16.1 Å². The van der Waals surface area contributed by atoms with E-state index < -0.39 is 24.2 Å². The summed E-state index contributed by atoms with van der Waals surface area (Å²) < 4.78 is 28.6. The summed E-state index contributed by atoms with van der Waals surface area (Å²) in [5.74, 6) is -0.995. The highest BCUT2D eigenvalue weighted by Gasteiger charge is 2.18. The Kier molecular flexibility index (Phi) is 6.97. The minimum atomic E-state index is -0.734. The second kappa shape index (κ2) is 9.20. The standard InChI is InChI=1S/C19H18ClFO5/c1-3-8-25-18-15(20)9-13(10-17(18)24-2)19(23)26-11-16(22)12-4-6-14(21)7-5-12/h4-7,9-10H,3,8,11H2,1-2H3. The van der Waals surface area contributed by atoms with Gasteiger partial charge in [-0.2, -0.15) is 0 Å². The van der Waals surface area contributed by atoms with E-state index in [1.165, 1.54) is 31.4 Å². The fourth-order valence-electron chi connectivity index (χ4n) is 2.12. The summed E-state index contributed by atoms with van der Waals surface area (Å²) >= 11 is 6.15. The van der Waals surface area contributed by atoms with Gasteiger partial charge in [0.15, 0.2) is 23.9 Å². The maximum absolute atomic E-state index is 12.9. The van der Waals surface area contributed by atoms with E-state index >= 15 is 0 Å². The van der Waals surface area contributed by atoms with E-state index in [2.05, 4.69) is 0 Å². The van der Waals surface area contributed by atoms with Gasteiger partial charge in [0.1, 0.15) is 5.82 Å². The maximum Gasteiger partial charge on any atom is 0.338 e. The lowest BCUT2D eigenvalue weighted by atomic mass is 10.1. The number of hydrogen-bond donors (Lipinski definition) is 0. The second-order valence-corrected chi connectivity index (χ2v) is 5.75. The first kappa shape index (κ1) is 19.7. The molecule has 0 aromatic heterocycles. The Morgan fingerprint density at radius 1 is 1.12 bits per heavy atom. The Bertz CT molecular complexity index is 789. The van der Waals surface area contributed by atoms with Crippen molar-refractivity contribution in [3.8, 4) is 11.5 Å². The van der Waals surface area contributed by atoms with Crippen LogP contribution in [0.15, 0.2) is 36.4 Å². The summed E-state index contributed by atoms with van der Waals surface area (Å²) in [6.45, 7) is 1.93. The molecule has 26 heavy (non-hydrogen) atoms. The van der Waals surface area contributed by atoms with Crippen LogP contribution in [0.1, 0.15) is 34.1 Å². The average molecular weight is 381 g/mol. The normalized spacial score (nSPS) is 10.3. The van der Waals surface area contributed by atoms with Crippen LogP contribution in [-0.2, 0) is 4.74 Å². The van der Waals surface area contributed by atoms with Gasteiger partial charge in [-0.3, -0.25) is 4.79 Å². The van der Waals surface area contributed by atoms with Crippen LogP contribution in [-0.4, -0.2) is 32.1 Å². The summed E-state index contributed by atoms with van der Waals surface area (Å²) in [6, 6.07) is 7.79. The third-order valence-corrected chi connectivity index (χ3v) is 3.70. The van der Waals surface area contributed by atoms with Gasteiger partial charge in [-0.25, -0.2) is 9.18 Å². The molecule has 0 spiro atoms. The van der Waals surface area contributed by atoms with Gasteiger partial charge in [-0.15, -0.1) is 0 Å². The third kappa shape index (κ3) is 4.95. The van der Waals surface area contributed by atoms with Crippen molar-refractivity contribution in [2.45, 2.75) is 13.3 Å². The van der Waals surface area contributed by atoms with E-state index in [0.29, 0.717) is 18.1 Å². The number of Topliss-reactive ketones (excluding diaryl/α,β-unsaturated/α-hetero) is 1. The zero-order valence-electron chi connectivity index (χ0n) is 14.4. The van der Waals surface area contributed by atoms with E-state index in [1.807, 2.05) is 6.92 Å². The number of ketones is 1. The molecular formula is C19H18ClFO5. The monoisotopic (exact) mass is 380 g/mol. The highest BCUT2D eigenvalue weighted by molar-refractivity contribution is 6.32. The van der Waals surface area contributed by atoms with Gasteiger partial charge in [0.2, 0.25) is 0 Å². The molecule has 0 saturated carbocycles. The molecular weight excluding hydrogens is 363 g/mol. The molecule has 2 aromatic carbocycles. The fraction of sp³-hybridized carbons (Fsp3) is 0.263. The quantitative estimate of drug-likeness (QED) is 0.504. The average Bonchev–Trinajstić information content (AvgIpc) is 2.64. The first-order chi connectivity index (χ1) is 12.5. The van der Waals surface area contributed by atoms with Crippen LogP contribution in [0, 0.1) is 5.82 Å². The molecule has 0 N–H and O–H groups in total. The number of carbonyl (C=O) groups is 2. The molecule has 5 nitrogen and oxygen atoms in total. The number of benzene rings is 2. The van der Waals surface area contributed by atoms with Crippen molar-refractivity contribution in [3.63, 3.8) is 0 Å². The molecule has 0 unspecified atom stereocenters. The smallest absolute Gasteiger partial charge is 0.338 e. The van der Waals surface area contributed by atoms with E-state index in [9.17, 15) is 14.0 Å². The van der Waals surface area contributed by atoms with Gasteiger partial charge in [-0.05, 0) is 42.8 Å². The predicted octanol–water partition coefficient (Wildman–Crippen LogP) is 4.32. The summed E-state index contributed by atoms with van der Waals surface area (Å²) in [7, 11) is 1.43. The van der Waals surface area contributed by atoms with Crippen LogP contribution in [0.4, 0.5) is 4.39 Å². The molecule has 0 aliphatic rings. The van der Waals surface area contributed by atoms with Crippen LogP contribution >= 0.6 is 11.6 Å². The zero-order chi connectivity index (χ0) is 19.1. The Morgan fingerprint density at radius 2 is 1.81 bits per heavy atom. The van der Waals surface area contributed by atoms with Crippen LogP contribution in [0.5, 0.6) is 11.5 Å². The van der Waals surface area contributed by atoms with Crippen LogP contribution in [0.3, 0.4) is 0 Å². The molecule has 0 fully saturated rings. The van der Waals surface area contributed by atoms with Crippen molar-refractivity contribution in [1.29, 1.82) is 0 Å². The number of rotatable bonds is 8. The number of carbonyl (C=O) groups excluding carboxylic acids is 2. The number of esters is 1. The van der Waals surface area contributed by atoms with Crippen molar-refractivity contribution in [1.82, 2.24) is 0 Å². The second-order valence-electron chi connectivity index (χ2n) is 5.34. The molecule has 0 radical (unpaired) electrons. The predicted molar refractivity (Wildman–Crippen MR) is 94.8 cm³/mol. The molecule has 7 heteroatoms. The topological polar surface area (TPSA) is 61.8 Å². The minimum absolute atomic E-state index is 0.127. The van der Waals surface area contributed by atoms with E-state index in [4.69, 9.17) is 25.8 Å². The van der Waals surface area contributed by atoms with Gasteiger partial charge in [-0.1, -0.05) is 18.5 Å². The Balaban J connectivity index is 2.08. The molecule has 0 amide bonds. The van der Waals surface area contributed by atoms with Crippen molar-refractivity contribution in [2.24, 2.45) is 0 Å². The molecule has 0 saturated heterocycles. The Hall–Kier alpha value is -2.60. The van der Waals surface area contributed by atoms with Gasteiger partial charge in [0.05, 0.1) is 24.3 Å². The Labute approximate surface area is 155 Å². The Morgan fingerprint density at radius 3 is 2.42 bits per heavy atom. The summed E-state index contributed by atoms with van der Waals surface area (Å²) in [4.78, 5) is 24.2. The SMILES string of the molecule is CCCOc1c(Cl)cc(C(=O)OCC(=O)c2ccc(F)cc2)cc1OC. The van der Waals surface area contributed by atoms with Gasteiger partial charge in [0.25, 0.3) is 0 Å². The van der Waals surface area contributed by atoms with Crippen molar-refractivity contribution in [2.75, 3.05) is 20.3 Å². The maximum atomic E-state index is 12.9. The fourth-order valence-corrected chi connectivity index (χ4v) is 2.38. The summed E-state index contributed by atoms with van der Waals surface area (Å²) in [5.41, 5.74) is 0.376. The lowest BCUT2D eigenvalue weighted by molar-refractivity contribution is 0.0474. The molecule has 138 valence electrons. The van der Waals surface area contributed by atoms with Crippen LogP contribution in [0.2, 0.25) is 5.02 Å². The van der Waals surface area contributed by atoms with Crippen molar-refractivity contribution >= 4 is 23.4 Å². The molecule has 0 atom stereocenters. The van der Waals surface area contributed by atoms with Crippen molar-refractivity contribution in [3.05, 3.63) is 58.4 Å². The largest absolute Gasteiger partial charge is 0.493 e. The molecule has 0 aliphatic carbocycles. The molecule has 2 rings (SSSR count). The number of ether oxygens (including phenoxy) is 3. The first-order valence-corrected chi connectivity index (χ1v) is 8.30. The third-order valence-electron chi connectivity index (χ3n) is 3.42. The summed E-state index contributed by atoms with van der Waals surface area (Å²) in [6.07, 6.45) is 0.786. The summed E-state index contributed by atoms with van der Waals surface area (Å²) in [5, 5.41) is 0.203. The first-order valence-electron chi connectivity index (χ1n) is 7.92. The highest BCUT2D eigenvalue weighted by Crippen LogP contribution is 2.36.